The first-order valence-electron chi connectivity index (χ1n) is 10.8. The monoisotopic (exact) mass is 447 g/mol. The fourth-order valence-electron chi connectivity index (χ4n) is 3.46. The third-order valence-electron chi connectivity index (χ3n) is 5.18. The smallest absolute Gasteiger partial charge is 0.222 e. The number of carbonyl (C=O) groups excluding carboxylic acids is 2. The Bertz CT molecular complexity index is 1060. The molecule has 0 radical (unpaired) electrons. The Kier molecular flexibility index (Phi) is 8.41. The van der Waals surface area contributed by atoms with Gasteiger partial charge in [0.05, 0.1) is 25.6 Å². The second kappa shape index (κ2) is 11.7. The lowest BCUT2D eigenvalue weighted by Gasteiger charge is -2.21. The van der Waals surface area contributed by atoms with Crippen molar-refractivity contribution in [1.82, 2.24) is 15.6 Å². The topological polar surface area (TPSA) is 89.6 Å². The highest BCUT2D eigenvalue weighted by Gasteiger charge is 2.19. The van der Waals surface area contributed by atoms with E-state index in [0.29, 0.717) is 18.1 Å². The summed E-state index contributed by atoms with van der Waals surface area (Å²) in [7, 11) is 1.58. The number of ether oxygens (including phenoxy) is 2. The molecule has 7 heteroatoms. The molecule has 2 unspecified atom stereocenters. The lowest BCUT2D eigenvalue weighted by Crippen LogP contribution is -2.33. The molecule has 2 N–H and O–H groups in total. The number of benzene rings is 2. The van der Waals surface area contributed by atoms with E-state index in [2.05, 4.69) is 15.6 Å². The van der Waals surface area contributed by atoms with Crippen LogP contribution < -0.4 is 20.1 Å². The highest BCUT2D eigenvalue weighted by atomic mass is 16.5. The molecule has 2 atom stereocenters. The standard InChI is InChI=1S/C26H29N3O4/c1-18(28-26(31)16-23(29-19(2)30)21-7-5-4-6-8-21)22-9-10-24(25(15-22)32-3)33-17-20-11-13-27-14-12-20/h4-15,18,23H,16-17H2,1-3H3,(H,28,31)(H,29,30). The summed E-state index contributed by atoms with van der Waals surface area (Å²) in [5.41, 5.74) is 2.77. The van der Waals surface area contributed by atoms with Gasteiger partial charge in [0, 0.05) is 19.3 Å². The Hall–Kier alpha value is -3.87. The second-order valence-corrected chi connectivity index (χ2v) is 7.71. The van der Waals surface area contributed by atoms with Crippen LogP contribution in [-0.2, 0) is 16.2 Å². The molecule has 0 spiro atoms. The second-order valence-electron chi connectivity index (χ2n) is 7.71. The van der Waals surface area contributed by atoms with Crippen molar-refractivity contribution < 1.29 is 19.1 Å². The van der Waals surface area contributed by atoms with E-state index in [4.69, 9.17) is 9.47 Å². The molecule has 2 aromatic carbocycles. The van der Waals surface area contributed by atoms with Crippen LogP contribution in [-0.4, -0.2) is 23.9 Å². The van der Waals surface area contributed by atoms with Crippen LogP contribution in [0.1, 0.15) is 49.0 Å². The van der Waals surface area contributed by atoms with Crippen molar-refractivity contribution in [3.05, 3.63) is 89.7 Å². The van der Waals surface area contributed by atoms with Crippen LogP contribution in [0.4, 0.5) is 0 Å². The van der Waals surface area contributed by atoms with Gasteiger partial charge in [0.25, 0.3) is 0 Å². The van der Waals surface area contributed by atoms with Gasteiger partial charge in [0.1, 0.15) is 6.61 Å². The number of aromatic nitrogens is 1. The van der Waals surface area contributed by atoms with E-state index in [-0.39, 0.29) is 24.3 Å². The van der Waals surface area contributed by atoms with Crippen LogP contribution >= 0.6 is 0 Å². The van der Waals surface area contributed by atoms with Crippen molar-refractivity contribution >= 4 is 11.8 Å². The van der Waals surface area contributed by atoms with Crippen molar-refractivity contribution in [3.63, 3.8) is 0 Å². The highest BCUT2D eigenvalue weighted by molar-refractivity contribution is 5.79. The van der Waals surface area contributed by atoms with Crippen molar-refractivity contribution in [3.8, 4) is 11.5 Å². The summed E-state index contributed by atoms with van der Waals surface area (Å²) >= 11 is 0. The van der Waals surface area contributed by atoms with Gasteiger partial charge in [0.15, 0.2) is 11.5 Å². The van der Waals surface area contributed by atoms with Crippen molar-refractivity contribution in [1.29, 1.82) is 0 Å². The number of carbonyl (C=O) groups is 2. The van der Waals surface area contributed by atoms with Crippen LogP contribution in [0.25, 0.3) is 0 Å². The summed E-state index contributed by atoms with van der Waals surface area (Å²) in [6.45, 7) is 3.75. The van der Waals surface area contributed by atoms with Gasteiger partial charge in [-0.15, -0.1) is 0 Å². The van der Waals surface area contributed by atoms with Gasteiger partial charge in [0.2, 0.25) is 11.8 Å². The minimum atomic E-state index is -0.394. The fraction of sp³-hybridized carbons (Fsp3) is 0.269. The first-order chi connectivity index (χ1) is 16.0. The number of pyridine rings is 1. The minimum Gasteiger partial charge on any atom is -0.493 e. The molecule has 172 valence electrons. The van der Waals surface area contributed by atoms with Gasteiger partial charge in [-0.3, -0.25) is 14.6 Å². The molecule has 7 nitrogen and oxygen atoms in total. The zero-order chi connectivity index (χ0) is 23.6. The molecular weight excluding hydrogens is 418 g/mol. The summed E-state index contributed by atoms with van der Waals surface area (Å²) in [5.74, 6) is 0.855. The minimum absolute atomic E-state index is 0.137. The lowest BCUT2D eigenvalue weighted by molar-refractivity contribution is -0.123. The molecule has 1 aromatic heterocycles. The molecule has 0 saturated heterocycles. The summed E-state index contributed by atoms with van der Waals surface area (Å²) in [6.07, 6.45) is 3.58. The van der Waals surface area contributed by atoms with E-state index in [1.54, 1.807) is 19.5 Å². The highest BCUT2D eigenvalue weighted by Crippen LogP contribution is 2.31. The third kappa shape index (κ3) is 7.07. The maximum Gasteiger partial charge on any atom is 0.222 e. The zero-order valence-electron chi connectivity index (χ0n) is 19.1. The summed E-state index contributed by atoms with van der Waals surface area (Å²) in [6, 6.07) is 18.2. The molecule has 3 aromatic rings. The number of hydrogen-bond acceptors (Lipinski definition) is 5. The van der Waals surface area contributed by atoms with Gasteiger partial charge >= 0.3 is 0 Å². The zero-order valence-corrected chi connectivity index (χ0v) is 19.1. The molecular formula is C26H29N3O4. The predicted octanol–water partition coefficient (Wildman–Crippen LogP) is 4.11. The van der Waals surface area contributed by atoms with Gasteiger partial charge in [-0.05, 0) is 47.9 Å². The van der Waals surface area contributed by atoms with Crippen LogP contribution in [0.15, 0.2) is 73.1 Å². The maximum atomic E-state index is 12.7. The van der Waals surface area contributed by atoms with Crippen LogP contribution in [0.3, 0.4) is 0 Å². The number of nitrogens with zero attached hydrogens (tertiary/aromatic N) is 1. The Balaban J connectivity index is 1.64. The van der Waals surface area contributed by atoms with Gasteiger partial charge < -0.3 is 20.1 Å². The number of hydrogen-bond donors (Lipinski definition) is 2. The molecule has 0 bridgehead atoms. The van der Waals surface area contributed by atoms with Gasteiger partial charge in [-0.25, -0.2) is 0 Å². The summed E-state index contributed by atoms with van der Waals surface area (Å²) in [4.78, 5) is 28.4. The van der Waals surface area contributed by atoms with E-state index in [1.807, 2.05) is 67.6 Å². The van der Waals surface area contributed by atoms with Crippen molar-refractivity contribution in [2.75, 3.05) is 7.11 Å². The number of methoxy groups -OCH3 is 1. The normalized spacial score (nSPS) is 12.3. The molecule has 0 aliphatic heterocycles. The van der Waals surface area contributed by atoms with Crippen LogP contribution in [0, 0.1) is 0 Å². The fourth-order valence-corrected chi connectivity index (χ4v) is 3.46. The number of rotatable bonds is 10. The maximum absolute atomic E-state index is 12.7. The third-order valence-corrected chi connectivity index (χ3v) is 5.18. The van der Waals surface area contributed by atoms with E-state index in [9.17, 15) is 9.59 Å². The number of amides is 2. The van der Waals surface area contributed by atoms with Crippen LogP contribution in [0.5, 0.6) is 11.5 Å². The van der Waals surface area contributed by atoms with E-state index in [1.165, 1.54) is 6.92 Å². The average molecular weight is 448 g/mol. The first-order valence-corrected chi connectivity index (χ1v) is 10.8. The van der Waals surface area contributed by atoms with Gasteiger partial charge in [-0.1, -0.05) is 36.4 Å². The van der Waals surface area contributed by atoms with E-state index < -0.39 is 6.04 Å². The molecule has 2 amide bonds. The Labute approximate surface area is 194 Å². The van der Waals surface area contributed by atoms with Gasteiger partial charge in [-0.2, -0.15) is 0 Å². The molecule has 0 aliphatic carbocycles. The van der Waals surface area contributed by atoms with Crippen molar-refractivity contribution in [2.24, 2.45) is 0 Å². The van der Waals surface area contributed by atoms with Crippen molar-refractivity contribution in [2.45, 2.75) is 39.0 Å². The van der Waals surface area contributed by atoms with Crippen LogP contribution in [0.2, 0.25) is 0 Å². The summed E-state index contributed by atoms with van der Waals surface area (Å²) in [5, 5.41) is 5.86. The Morgan fingerprint density at radius 3 is 2.33 bits per heavy atom. The number of nitrogens with one attached hydrogen (secondary N) is 2. The SMILES string of the molecule is COc1cc(C(C)NC(=O)CC(NC(C)=O)c2ccccc2)ccc1OCc1ccncc1. The first kappa shape index (κ1) is 23.8. The summed E-state index contributed by atoms with van der Waals surface area (Å²) < 4.78 is 11.4. The Morgan fingerprint density at radius 1 is 0.939 bits per heavy atom. The predicted molar refractivity (Wildman–Crippen MR) is 126 cm³/mol. The molecule has 1 heterocycles. The molecule has 0 fully saturated rings. The quantitative estimate of drug-likeness (QED) is 0.488. The molecule has 0 aliphatic rings. The largest absolute Gasteiger partial charge is 0.493 e. The van der Waals surface area contributed by atoms with E-state index >= 15 is 0 Å². The van der Waals surface area contributed by atoms with E-state index in [0.717, 1.165) is 16.7 Å². The molecule has 3 rings (SSSR count). The lowest BCUT2D eigenvalue weighted by atomic mass is 10.0. The Morgan fingerprint density at radius 2 is 1.67 bits per heavy atom. The molecule has 0 saturated carbocycles. The average Bonchev–Trinajstić information content (AvgIpc) is 2.83. The molecule has 33 heavy (non-hydrogen) atoms.